The van der Waals surface area contributed by atoms with Crippen LogP contribution in [0.2, 0.25) is 5.02 Å². The number of anilines is 3. The molecule has 0 aliphatic rings. The average molecular weight is 420 g/mol. The molecule has 1 heterocycles. The van der Waals surface area contributed by atoms with Gasteiger partial charge < -0.3 is 5.32 Å². The number of rotatable bonds is 6. The predicted octanol–water partition coefficient (Wildman–Crippen LogP) is 3.89. The van der Waals surface area contributed by atoms with Gasteiger partial charge in [-0.25, -0.2) is 18.4 Å². The van der Waals surface area contributed by atoms with Crippen molar-refractivity contribution < 1.29 is 13.3 Å². The van der Waals surface area contributed by atoms with Crippen LogP contribution in [0.3, 0.4) is 0 Å². The molecule has 0 spiro atoms. The Morgan fingerprint density at radius 2 is 1.71 bits per heavy atom. The first-order valence-electron chi connectivity index (χ1n) is 7.87. The summed E-state index contributed by atoms with van der Waals surface area (Å²) in [5, 5.41) is 13.9. The number of nitro groups is 1. The van der Waals surface area contributed by atoms with E-state index in [0.717, 1.165) is 11.8 Å². The molecule has 0 saturated heterocycles. The van der Waals surface area contributed by atoms with E-state index in [0.29, 0.717) is 17.2 Å². The fourth-order valence-electron chi connectivity index (χ4n) is 2.31. The van der Waals surface area contributed by atoms with Crippen LogP contribution in [0.15, 0.2) is 59.8 Å². The third-order valence-corrected chi connectivity index (χ3v) is 5.34. The molecule has 3 aromatic rings. The minimum Gasteiger partial charge on any atom is -0.340 e. The number of nitrogens with zero attached hydrogens (tertiary/aromatic N) is 3. The molecule has 0 unspecified atom stereocenters. The summed E-state index contributed by atoms with van der Waals surface area (Å²) in [6, 6.07) is 11.5. The van der Waals surface area contributed by atoms with Gasteiger partial charge in [0.25, 0.3) is 15.7 Å². The van der Waals surface area contributed by atoms with Crippen molar-refractivity contribution in [3.63, 3.8) is 0 Å². The van der Waals surface area contributed by atoms with Crippen molar-refractivity contribution in [3.05, 3.63) is 75.7 Å². The molecule has 2 aromatic carbocycles. The number of nitrogens with one attached hydrogen (secondary N) is 2. The molecule has 2 N–H and O–H groups in total. The molecule has 0 fully saturated rings. The van der Waals surface area contributed by atoms with Crippen LogP contribution in [-0.4, -0.2) is 23.3 Å². The Bertz CT molecular complexity index is 1140. The molecular formula is C17H14ClN5O4S. The molecule has 0 amide bonds. The lowest BCUT2D eigenvalue weighted by Crippen LogP contribution is -2.13. The summed E-state index contributed by atoms with van der Waals surface area (Å²) >= 11 is 5.72. The highest BCUT2D eigenvalue weighted by molar-refractivity contribution is 7.92. The Morgan fingerprint density at radius 3 is 2.36 bits per heavy atom. The average Bonchev–Trinajstić information content (AvgIpc) is 2.63. The quantitative estimate of drug-likeness (QED) is 0.458. The fourth-order valence-corrected chi connectivity index (χ4v) is 3.57. The summed E-state index contributed by atoms with van der Waals surface area (Å²) in [5.41, 5.74) is 1.31. The zero-order valence-electron chi connectivity index (χ0n) is 14.5. The van der Waals surface area contributed by atoms with Gasteiger partial charge in [0.15, 0.2) is 0 Å². The number of halogens is 1. The van der Waals surface area contributed by atoms with E-state index in [1.165, 1.54) is 18.5 Å². The monoisotopic (exact) mass is 419 g/mol. The number of sulfonamides is 1. The number of hydrogen-bond donors (Lipinski definition) is 2. The van der Waals surface area contributed by atoms with Gasteiger partial charge in [-0.1, -0.05) is 11.6 Å². The molecule has 0 atom stereocenters. The lowest BCUT2D eigenvalue weighted by Gasteiger charge is -2.10. The van der Waals surface area contributed by atoms with Crippen LogP contribution in [0.25, 0.3) is 0 Å². The first-order chi connectivity index (χ1) is 13.2. The van der Waals surface area contributed by atoms with Gasteiger partial charge in [0.2, 0.25) is 0 Å². The molecule has 0 bridgehead atoms. The highest BCUT2D eigenvalue weighted by atomic mass is 35.5. The summed E-state index contributed by atoms with van der Waals surface area (Å²) in [4.78, 5) is 18.1. The molecule has 1 aromatic heterocycles. The van der Waals surface area contributed by atoms with Crippen molar-refractivity contribution in [2.24, 2.45) is 0 Å². The highest BCUT2D eigenvalue weighted by Gasteiger charge is 2.20. The molecule has 28 heavy (non-hydrogen) atoms. The number of nitro benzene ring substituents is 1. The van der Waals surface area contributed by atoms with E-state index in [2.05, 4.69) is 20.0 Å². The fraction of sp³-hybridized carbons (Fsp3) is 0.0588. The standard InChI is InChI=1S/C17H14ClN5O4S/c1-11-8-17(20-10-19-11)21-12-2-4-13(5-3-12)22-28(26,27)14-6-7-15(18)16(9-14)23(24)25/h2-10,22H,1H3,(H,19,20,21). The zero-order chi connectivity index (χ0) is 20.3. The van der Waals surface area contributed by atoms with Crippen molar-refractivity contribution in [2.75, 3.05) is 10.0 Å². The van der Waals surface area contributed by atoms with E-state index in [1.807, 2.05) is 6.92 Å². The maximum Gasteiger partial charge on any atom is 0.289 e. The first kappa shape index (κ1) is 19.5. The summed E-state index contributed by atoms with van der Waals surface area (Å²) < 4.78 is 27.4. The van der Waals surface area contributed by atoms with Gasteiger partial charge in [-0.05, 0) is 43.3 Å². The second-order valence-corrected chi connectivity index (χ2v) is 7.81. The van der Waals surface area contributed by atoms with Crippen molar-refractivity contribution in [2.45, 2.75) is 11.8 Å². The molecular weight excluding hydrogens is 406 g/mol. The lowest BCUT2D eigenvalue weighted by molar-refractivity contribution is -0.384. The van der Waals surface area contributed by atoms with E-state index in [1.54, 1.807) is 30.3 Å². The van der Waals surface area contributed by atoms with Crippen LogP contribution < -0.4 is 10.0 Å². The minimum atomic E-state index is -4.02. The lowest BCUT2D eigenvalue weighted by atomic mass is 10.3. The van der Waals surface area contributed by atoms with Crippen LogP contribution in [0, 0.1) is 17.0 Å². The van der Waals surface area contributed by atoms with Gasteiger partial charge in [0.1, 0.15) is 17.2 Å². The van der Waals surface area contributed by atoms with E-state index < -0.39 is 20.6 Å². The molecule has 11 heteroatoms. The Balaban J connectivity index is 1.78. The molecule has 0 saturated carbocycles. The van der Waals surface area contributed by atoms with Crippen LogP contribution in [0.4, 0.5) is 22.9 Å². The van der Waals surface area contributed by atoms with Crippen LogP contribution in [0.5, 0.6) is 0 Å². The molecule has 9 nitrogen and oxygen atoms in total. The van der Waals surface area contributed by atoms with E-state index in [-0.39, 0.29) is 9.92 Å². The Hall–Kier alpha value is -3.24. The van der Waals surface area contributed by atoms with E-state index in [4.69, 9.17) is 11.6 Å². The van der Waals surface area contributed by atoms with E-state index >= 15 is 0 Å². The Morgan fingerprint density at radius 1 is 1.04 bits per heavy atom. The third kappa shape index (κ3) is 4.53. The molecule has 0 aliphatic carbocycles. The van der Waals surface area contributed by atoms with Gasteiger partial charge in [0.05, 0.1) is 9.82 Å². The number of benzene rings is 2. The second kappa shape index (κ2) is 7.79. The SMILES string of the molecule is Cc1cc(Nc2ccc(NS(=O)(=O)c3ccc(Cl)c([N+](=O)[O-])c3)cc2)ncn1. The summed E-state index contributed by atoms with van der Waals surface area (Å²) in [5.74, 6) is 0.606. The smallest absolute Gasteiger partial charge is 0.289 e. The zero-order valence-corrected chi connectivity index (χ0v) is 16.0. The number of aromatic nitrogens is 2. The predicted molar refractivity (Wildman–Crippen MR) is 105 cm³/mol. The maximum atomic E-state index is 12.5. The van der Waals surface area contributed by atoms with Gasteiger partial charge in [-0.3, -0.25) is 14.8 Å². The normalized spacial score (nSPS) is 11.1. The third-order valence-electron chi connectivity index (χ3n) is 3.64. The van der Waals surface area contributed by atoms with E-state index in [9.17, 15) is 18.5 Å². The second-order valence-electron chi connectivity index (χ2n) is 5.72. The van der Waals surface area contributed by atoms with Crippen LogP contribution >= 0.6 is 11.6 Å². The van der Waals surface area contributed by atoms with Crippen molar-refractivity contribution in [1.82, 2.24) is 9.97 Å². The van der Waals surface area contributed by atoms with Crippen molar-refractivity contribution in [3.8, 4) is 0 Å². The molecule has 3 rings (SSSR count). The van der Waals surface area contributed by atoms with Crippen LogP contribution in [0.1, 0.15) is 5.69 Å². The van der Waals surface area contributed by atoms with Gasteiger partial charge in [-0.2, -0.15) is 0 Å². The summed E-state index contributed by atoms with van der Waals surface area (Å²) in [6.07, 6.45) is 1.44. The van der Waals surface area contributed by atoms with Gasteiger partial charge in [0, 0.05) is 29.2 Å². The number of hydrogen-bond acceptors (Lipinski definition) is 7. The Kier molecular flexibility index (Phi) is 5.43. The summed E-state index contributed by atoms with van der Waals surface area (Å²) in [7, 11) is -4.02. The minimum absolute atomic E-state index is 0.140. The largest absolute Gasteiger partial charge is 0.340 e. The molecule has 0 radical (unpaired) electrons. The molecule has 0 aliphatic heterocycles. The van der Waals surface area contributed by atoms with Crippen LogP contribution in [-0.2, 0) is 10.0 Å². The summed E-state index contributed by atoms with van der Waals surface area (Å²) in [6.45, 7) is 1.84. The molecule has 144 valence electrons. The Labute approximate surface area is 165 Å². The van der Waals surface area contributed by atoms with Gasteiger partial charge >= 0.3 is 0 Å². The van der Waals surface area contributed by atoms with Crippen molar-refractivity contribution in [1.29, 1.82) is 0 Å². The van der Waals surface area contributed by atoms with Crippen molar-refractivity contribution >= 4 is 44.5 Å². The first-order valence-corrected chi connectivity index (χ1v) is 9.73. The maximum absolute atomic E-state index is 12.5. The van der Waals surface area contributed by atoms with Gasteiger partial charge in [-0.15, -0.1) is 0 Å². The highest BCUT2D eigenvalue weighted by Crippen LogP contribution is 2.28. The topological polar surface area (TPSA) is 127 Å². The number of aryl methyl sites for hydroxylation is 1.